The topological polar surface area (TPSA) is 38.0 Å². The van der Waals surface area contributed by atoms with Gasteiger partial charge in [0.25, 0.3) is 0 Å². The monoisotopic (exact) mass is 962 g/mol. The van der Waals surface area contributed by atoms with Gasteiger partial charge in [-0.15, -0.1) is 0 Å². The Morgan fingerprint density at radius 1 is 0.303 bits per heavy atom. The lowest BCUT2D eigenvalue weighted by atomic mass is 9.79. The zero-order chi connectivity index (χ0) is 50.4. The van der Waals surface area contributed by atoms with Crippen molar-refractivity contribution in [3.05, 3.63) is 272 Å². The molecule has 0 saturated heterocycles. The summed E-state index contributed by atoms with van der Waals surface area (Å²) in [5.74, 6) is 0. The second kappa shape index (κ2) is 17.0. The molecule has 2 heterocycles. The lowest BCUT2D eigenvalue weighted by molar-refractivity contribution is 1.19. The molecule has 350 valence electrons. The summed E-state index contributed by atoms with van der Waals surface area (Å²) in [6, 6.07) is 92.9. The van der Waals surface area contributed by atoms with Crippen LogP contribution in [-0.4, -0.2) is 9.13 Å². The van der Waals surface area contributed by atoms with Gasteiger partial charge in [0.05, 0.1) is 34.2 Å². The minimum atomic E-state index is 0.497. The van der Waals surface area contributed by atoms with E-state index in [2.05, 4.69) is 238 Å². The van der Waals surface area contributed by atoms with E-state index >= 15 is 0 Å². The van der Waals surface area contributed by atoms with E-state index in [0.717, 1.165) is 121 Å². The molecule has 0 fully saturated rings. The summed E-state index contributed by atoms with van der Waals surface area (Å²) in [4.78, 5) is 4.56. The fraction of sp³-hybridized carbons (Fsp3) is 0. The highest BCUT2D eigenvalue weighted by molar-refractivity contribution is 6.17. The molecule has 0 saturated carbocycles. The molecular weight excluding hydrogens is 921 g/mol. The van der Waals surface area contributed by atoms with E-state index in [4.69, 9.17) is 0 Å². The third-order valence-electron chi connectivity index (χ3n) is 15.7. The Labute approximate surface area is 438 Å². The van der Waals surface area contributed by atoms with Crippen molar-refractivity contribution < 1.29 is 0 Å². The molecule has 4 heteroatoms. The third kappa shape index (κ3) is 6.49. The van der Waals surface area contributed by atoms with Crippen molar-refractivity contribution in [1.82, 2.24) is 9.13 Å². The standard InChI is InChI=1S/C72H42N4/c1-74-72-70(50-18-6-3-7-19-50)69(51-34-32-45-28-30-47-36-38-53(42-61(47)59(45)40-51)75-64-24-12-8-20-55(64)56-21-9-13-25-65(56)75)63(44-73)68(49-16-4-2-5-17-49)71(72)52-35-33-46-29-31-48-37-39-54(43-62(48)60(46)41-52)76-66-26-14-10-22-57(66)58-23-11-15-27-67(58)76/h2-43H. The Balaban J connectivity index is 0.995. The van der Waals surface area contributed by atoms with E-state index in [1.54, 1.807) is 0 Å². The Bertz CT molecular complexity index is 4580. The molecule has 15 aromatic rings. The molecule has 76 heavy (non-hydrogen) atoms. The minimum absolute atomic E-state index is 0.497. The fourth-order valence-corrected chi connectivity index (χ4v) is 12.4. The Morgan fingerprint density at radius 2 is 0.618 bits per heavy atom. The molecule has 2 aromatic heterocycles. The maximum atomic E-state index is 11.9. The van der Waals surface area contributed by atoms with Crippen LogP contribution < -0.4 is 0 Å². The first kappa shape index (κ1) is 43.1. The second-order valence-electron chi connectivity index (χ2n) is 19.7. The van der Waals surface area contributed by atoms with Crippen LogP contribution in [0.5, 0.6) is 0 Å². The van der Waals surface area contributed by atoms with Crippen molar-refractivity contribution in [3.8, 4) is 62.0 Å². The summed E-state index contributed by atoms with van der Waals surface area (Å²) >= 11 is 0. The molecule has 0 aliphatic rings. The smallest absolute Gasteiger partial charge is 0.203 e. The van der Waals surface area contributed by atoms with Gasteiger partial charge in [-0.1, -0.05) is 194 Å². The molecule has 0 unspecified atom stereocenters. The first-order chi connectivity index (χ1) is 37.6. The molecule has 0 radical (unpaired) electrons. The van der Waals surface area contributed by atoms with Gasteiger partial charge in [-0.05, 0) is 148 Å². The van der Waals surface area contributed by atoms with Gasteiger partial charge in [0.1, 0.15) is 6.07 Å². The Morgan fingerprint density at radius 3 is 1.03 bits per heavy atom. The lowest BCUT2D eigenvalue weighted by Crippen LogP contribution is -1.99. The zero-order valence-electron chi connectivity index (χ0n) is 41.0. The maximum absolute atomic E-state index is 11.9. The SMILES string of the molecule is [C-]#[N+]c1c(-c2ccccc2)c(-c2ccc3ccc4ccc(-n5c6ccccc6c6ccccc65)cc4c3c2)c(C#N)c(-c2ccccc2)c1-c1ccc2ccc3ccc(-n4c5ccccc5c5ccccc54)cc3c2c1. The summed E-state index contributed by atoms with van der Waals surface area (Å²) in [6.07, 6.45) is 0. The number of benzene rings is 13. The van der Waals surface area contributed by atoms with Gasteiger partial charge < -0.3 is 9.13 Å². The second-order valence-corrected chi connectivity index (χ2v) is 19.7. The number of rotatable bonds is 6. The number of para-hydroxylation sites is 4. The largest absolute Gasteiger partial charge is 0.309 e. The lowest BCUT2D eigenvalue weighted by Gasteiger charge is -2.24. The molecule has 0 amide bonds. The van der Waals surface area contributed by atoms with Crippen molar-refractivity contribution in [3.63, 3.8) is 0 Å². The average Bonchev–Trinajstić information content (AvgIpc) is 4.10. The van der Waals surface area contributed by atoms with Crippen LogP contribution in [0.15, 0.2) is 255 Å². The van der Waals surface area contributed by atoms with Crippen LogP contribution in [0.3, 0.4) is 0 Å². The van der Waals surface area contributed by atoms with Crippen molar-refractivity contribution in [2.75, 3.05) is 0 Å². The van der Waals surface area contributed by atoms with Crippen LogP contribution in [-0.2, 0) is 0 Å². The first-order valence-electron chi connectivity index (χ1n) is 25.7. The number of hydrogen-bond donors (Lipinski definition) is 0. The quantitative estimate of drug-likeness (QED) is 0.121. The highest BCUT2D eigenvalue weighted by Gasteiger charge is 2.28. The van der Waals surface area contributed by atoms with Gasteiger partial charge in [0.2, 0.25) is 5.69 Å². The predicted octanol–water partition coefficient (Wildman–Crippen LogP) is 19.6. The number of nitriles is 1. The van der Waals surface area contributed by atoms with E-state index in [9.17, 15) is 11.8 Å². The highest BCUT2D eigenvalue weighted by atomic mass is 15.0. The molecule has 0 aliphatic carbocycles. The van der Waals surface area contributed by atoms with Gasteiger partial charge in [0.15, 0.2) is 0 Å². The van der Waals surface area contributed by atoms with E-state index in [1.807, 2.05) is 36.4 Å². The van der Waals surface area contributed by atoms with Gasteiger partial charge >= 0.3 is 0 Å². The molecule has 13 aromatic carbocycles. The van der Waals surface area contributed by atoms with Gasteiger partial charge in [-0.2, -0.15) is 5.26 Å². The third-order valence-corrected chi connectivity index (χ3v) is 15.7. The molecule has 0 N–H and O–H groups in total. The van der Waals surface area contributed by atoms with Gasteiger partial charge in [-0.3, -0.25) is 0 Å². The molecular formula is C72H42N4. The van der Waals surface area contributed by atoms with Crippen molar-refractivity contribution in [2.45, 2.75) is 0 Å². The molecule has 0 atom stereocenters. The van der Waals surface area contributed by atoms with Crippen LogP contribution in [0.25, 0.3) is 147 Å². The van der Waals surface area contributed by atoms with Crippen LogP contribution in [0, 0.1) is 17.9 Å². The number of nitrogens with zero attached hydrogens (tertiary/aromatic N) is 4. The Hall–Kier alpha value is -10.5. The molecule has 0 spiro atoms. The number of aromatic nitrogens is 2. The van der Waals surface area contributed by atoms with Crippen molar-refractivity contribution >= 4 is 92.4 Å². The molecule has 0 bridgehead atoms. The zero-order valence-corrected chi connectivity index (χ0v) is 41.0. The van der Waals surface area contributed by atoms with E-state index in [-0.39, 0.29) is 0 Å². The summed E-state index contributed by atoms with van der Waals surface area (Å²) in [5.41, 5.74) is 14.2. The summed E-state index contributed by atoms with van der Waals surface area (Å²) in [5, 5.41) is 25.5. The van der Waals surface area contributed by atoms with E-state index < -0.39 is 0 Å². The normalized spacial score (nSPS) is 11.7. The van der Waals surface area contributed by atoms with E-state index in [0.29, 0.717) is 11.3 Å². The Kier molecular flexibility index (Phi) is 9.66. The number of fused-ring (bicyclic) bond motifs is 12. The first-order valence-corrected chi connectivity index (χ1v) is 25.7. The van der Waals surface area contributed by atoms with Gasteiger partial charge in [-0.25, -0.2) is 4.85 Å². The molecule has 4 nitrogen and oxygen atoms in total. The predicted molar refractivity (Wildman–Crippen MR) is 318 cm³/mol. The maximum Gasteiger partial charge on any atom is 0.203 e. The van der Waals surface area contributed by atoms with Crippen LogP contribution in [0.1, 0.15) is 5.56 Å². The fourth-order valence-electron chi connectivity index (χ4n) is 12.4. The summed E-state index contributed by atoms with van der Waals surface area (Å²) in [6.45, 7) is 9.29. The van der Waals surface area contributed by atoms with Crippen LogP contribution >= 0.6 is 0 Å². The number of hydrogen-bond acceptors (Lipinski definition) is 1. The highest BCUT2D eigenvalue weighted by Crippen LogP contribution is 2.54. The van der Waals surface area contributed by atoms with E-state index in [1.165, 1.54) is 21.5 Å². The summed E-state index contributed by atoms with van der Waals surface area (Å²) in [7, 11) is 0. The minimum Gasteiger partial charge on any atom is -0.309 e. The molecule has 0 aliphatic heterocycles. The summed E-state index contributed by atoms with van der Waals surface area (Å²) < 4.78 is 4.73. The van der Waals surface area contributed by atoms with Crippen LogP contribution in [0.4, 0.5) is 5.69 Å². The average molecular weight is 963 g/mol. The van der Waals surface area contributed by atoms with Crippen molar-refractivity contribution in [1.29, 1.82) is 5.26 Å². The van der Waals surface area contributed by atoms with Crippen LogP contribution in [0.2, 0.25) is 0 Å². The van der Waals surface area contributed by atoms with Crippen molar-refractivity contribution in [2.24, 2.45) is 0 Å². The molecule has 15 rings (SSSR count). The van der Waals surface area contributed by atoms with Gasteiger partial charge in [0, 0.05) is 32.9 Å².